The van der Waals surface area contributed by atoms with Crippen LogP contribution in [0.4, 0.5) is 0 Å². The lowest BCUT2D eigenvalue weighted by Crippen LogP contribution is -2.60. The zero-order valence-corrected chi connectivity index (χ0v) is 13.4. The second-order valence-corrected chi connectivity index (χ2v) is 7.61. The van der Waals surface area contributed by atoms with Gasteiger partial charge in [0.1, 0.15) is 6.10 Å². The Bertz CT molecular complexity index is 690. The zero-order chi connectivity index (χ0) is 15.8. The number of aliphatic hydroxyl groups excluding tert-OH is 1. The minimum Gasteiger partial charge on any atom is -0.493 e. The molecule has 3 N–H and O–H groups in total. The summed E-state index contributed by atoms with van der Waals surface area (Å²) in [5, 5.41) is 24.8. The summed E-state index contributed by atoms with van der Waals surface area (Å²) in [6.45, 7) is 0.996. The van der Waals surface area contributed by atoms with E-state index in [9.17, 15) is 10.2 Å². The van der Waals surface area contributed by atoms with Gasteiger partial charge in [-0.15, -0.1) is 0 Å². The number of rotatable bonds is 1. The Balaban J connectivity index is 1.82. The van der Waals surface area contributed by atoms with Crippen LogP contribution >= 0.6 is 0 Å². The summed E-state index contributed by atoms with van der Waals surface area (Å²) in [4.78, 5) is 0. The summed E-state index contributed by atoms with van der Waals surface area (Å²) >= 11 is 0. The van der Waals surface area contributed by atoms with Crippen molar-refractivity contribution in [3.8, 4) is 11.5 Å². The maximum absolute atomic E-state index is 10.9. The Hall–Kier alpha value is -1.30. The van der Waals surface area contributed by atoms with Gasteiger partial charge >= 0.3 is 0 Å². The van der Waals surface area contributed by atoms with Crippen molar-refractivity contribution in [1.82, 2.24) is 5.32 Å². The van der Waals surface area contributed by atoms with Crippen molar-refractivity contribution in [3.05, 3.63) is 22.8 Å². The summed E-state index contributed by atoms with van der Waals surface area (Å²) in [5.74, 6) is -0.133. The number of nitrogens with one attached hydrogen (secondary N) is 1. The standard InChI is InChI=1S/C18H23NO4/c1-22-12-8-10-4-7-19-11-2-5-17-6-3-13(20)18(21,9-17)23-16(12)15(17)14(10)11/h8,11,13,19-21H,2-7,9H2,1H3. The van der Waals surface area contributed by atoms with Crippen molar-refractivity contribution < 1.29 is 19.7 Å². The van der Waals surface area contributed by atoms with Gasteiger partial charge in [-0.05, 0) is 55.8 Å². The van der Waals surface area contributed by atoms with Crippen molar-refractivity contribution >= 4 is 0 Å². The third-order valence-electron chi connectivity index (χ3n) is 6.45. The van der Waals surface area contributed by atoms with Crippen molar-refractivity contribution in [1.29, 1.82) is 0 Å². The topological polar surface area (TPSA) is 71.0 Å². The quantitative estimate of drug-likeness (QED) is 0.733. The number of methoxy groups -OCH3 is 1. The summed E-state index contributed by atoms with van der Waals surface area (Å²) in [7, 11) is 1.65. The lowest BCUT2D eigenvalue weighted by Gasteiger charge is -2.56. The predicted molar refractivity (Wildman–Crippen MR) is 83.8 cm³/mol. The molecule has 4 atom stereocenters. The van der Waals surface area contributed by atoms with Crippen molar-refractivity contribution in [3.63, 3.8) is 0 Å². The fraction of sp³-hybridized carbons (Fsp3) is 0.667. The third kappa shape index (κ3) is 1.68. The first kappa shape index (κ1) is 14.1. The molecular weight excluding hydrogens is 294 g/mol. The highest BCUT2D eigenvalue weighted by Crippen LogP contribution is 2.62. The van der Waals surface area contributed by atoms with Gasteiger partial charge in [0.2, 0.25) is 5.79 Å². The number of aliphatic hydroxyl groups is 2. The lowest BCUT2D eigenvalue weighted by atomic mass is 9.57. The molecule has 5 nitrogen and oxygen atoms in total. The Morgan fingerprint density at radius 2 is 2.17 bits per heavy atom. The zero-order valence-electron chi connectivity index (χ0n) is 13.4. The Morgan fingerprint density at radius 3 is 3.00 bits per heavy atom. The minimum atomic E-state index is -1.48. The van der Waals surface area contributed by atoms with E-state index in [-0.39, 0.29) is 5.41 Å². The van der Waals surface area contributed by atoms with Crippen molar-refractivity contribution in [2.24, 2.45) is 0 Å². The van der Waals surface area contributed by atoms with Gasteiger partial charge in [-0.2, -0.15) is 0 Å². The van der Waals surface area contributed by atoms with Crippen LogP contribution in [-0.4, -0.2) is 35.8 Å². The highest BCUT2D eigenvalue weighted by Gasteiger charge is 2.59. The fourth-order valence-corrected chi connectivity index (χ4v) is 5.40. The average molecular weight is 317 g/mol. The average Bonchev–Trinajstić information content (AvgIpc) is 2.55. The van der Waals surface area contributed by atoms with E-state index >= 15 is 0 Å². The maximum atomic E-state index is 10.9. The second kappa shape index (κ2) is 4.41. The van der Waals surface area contributed by atoms with E-state index in [2.05, 4.69) is 11.4 Å². The molecule has 0 aromatic heterocycles. The molecule has 4 unspecified atom stereocenters. The van der Waals surface area contributed by atoms with Gasteiger partial charge in [0, 0.05) is 23.4 Å². The van der Waals surface area contributed by atoms with Gasteiger partial charge < -0.3 is 25.0 Å². The van der Waals surface area contributed by atoms with Crippen LogP contribution in [0, 0.1) is 0 Å². The van der Waals surface area contributed by atoms with E-state index < -0.39 is 11.9 Å². The molecule has 1 saturated carbocycles. The van der Waals surface area contributed by atoms with Gasteiger partial charge in [0.05, 0.1) is 7.11 Å². The number of hydrogen-bond acceptors (Lipinski definition) is 5. The van der Waals surface area contributed by atoms with Crippen LogP contribution in [0.2, 0.25) is 0 Å². The molecule has 0 amide bonds. The molecule has 0 saturated heterocycles. The van der Waals surface area contributed by atoms with Crippen LogP contribution in [0.15, 0.2) is 6.07 Å². The van der Waals surface area contributed by atoms with Gasteiger partial charge in [0.15, 0.2) is 11.5 Å². The summed E-state index contributed by atoms with van der Waals surface area (Å²) in [6, 6.07) is 2.45. The molecule has 0 radical (unpaired) electrons. The molecule has 5 rings (SSSR count). The summed E-state index contributed by atoms with van der Waals surface area (Å²) < 4.78 is 11.6. The van der Waals surface area contributed by atoms with Crippen LogP contribution in [0.25, 0.3) is 0 Å². The number of benzene rings is 1. The number of fused-ring (bicyclic) bond motifs is 1. The molecule has 5 heteroatoms. The maximum Gasteiger partial charge on any atom is 0.235 e. The van der Waals surface area contributed by atoms with Crippen LogP contribution < -0.4 is 14.8 Å². The molecule has 2 aliphatic heterocycles. The minimum absolute atomic E-state index is 0.0876. The molecule has 23 heavy (non-hydrogen) atoms. The summed E-state index contributed by atoms with van der Waals surface area (Å²) in [6.07, 6.45) is 4.24. The van der Waals surface area contributed by atoms with E-state index in [1.807, 2.05) is 0 Å². The van der Waals surface area contributed by atoms with Gasteiger partial charge in [-0.1, -0.05) is 0 Å². The molecule has 4 aliphatic rings. The molecule has 1 fully saturated rings. The molecule has 124 valence electrons. The van der Waals surface area contributed by atoms with E-state index in [1.165, 1.54) is 16.7 Å². The third-order valence-corrected chi connectivity index (χ3v) is 6.45. The summed E-state index contributed by atoms with van der Waals surface area (Å²) in [5.41, 5.74) is 3.88. The van der Waals surface area contributed by atoms with E-state index in [0.29, 0.717) is 30.4 Å². The monoisotopic (exact) mass is 317 g/mol. The normalized spacial score (nSPS) is 40.1. The van der Waals surface area contributed by atoms with E-state index in [4.69, 9.17) is 9.47 Å². The van der Waals surface area contributed by atoms with Gasteiger partial charge in [-0.25, -0.2) is 0 Å². The van der Waals surface area contributed by atoms with Crippen LogP contribution in [0.1, 0.15) is 54.8 Å². The van der Waals surface area contributed by atoms with Crippen molar-refractivity contribution in [2.75, 3.05) is 13.7 Å². The van der Waals surface area contributed by atoms with Crippen LogP contribution in [0.5, 0.6) is 11.5 Å². The van der Waals surface area contributed by atoms with Gasteiger partial charge in [-0.3, -0.25) is 0 Å². The predicted octanol–water partition coefficient (Wildman–Crippen LogP) is 1.54. The molecule has 2 heterocycles. The number of ether oxygens (including phenoxy) is 2. The Morgan fingerprint density at radius 1 is 1.35 bits per heavy atom. The first-order chi connectivity index (χ1) is 11.1. The molecule has 2 aliphatic carbocycles. The Kier molecular flexibility index (Phi) is 2.70. The highest BCUT2D eigenvalue weighted by molar-refractivity contribution is 5.62. The molecule has 2 bridgehead atoms. The highest BCUT2D eigenvalue weighted by atomic mass is 16.6. The molecule has 1 aromatic carbocycles. The molecule has 1 spiro atoms. The smallest absolute Gasteiger partial charge is 0.235 e. The Labute approximate surface area is 135 Å². The largest absolute Gasteiger partial charge is 0.493 e. The fourth-order valence-electron chi connectivity index (χ4n) is 5.40. The van der Waals surface area contributed by atoms with E-state index in [1.54, 1.807) is 7.11 Å². The first-order valence-corrected chi connectivity index (χ1v) is 8.63. The number of hydrogen-bond donors (Lipinski definition) is 3. The first-order valence-electron chi connectivity index (χ1n) is 8.63. The van der Waals surface area contributed by atoms with Crippen LogP contribution in [-0.2, 0) is 11.8 Å². The molecule has 1 aromatic rings. The van der Waals surface area contributed by atoms with E-state index in [0.717, 1.165) is 32.2 Å². The van der Waals surface area contributed by atoms with Crippen molar-refractivity contribution in [2.45, 2.75) is 61.9 Å². The lowest BCUT2D eigenvalue weighted by molar-refractivity contribution is -0.247. The second-order valence-electron chi connectivity index (χ2n) is 7.61. The SMILES string of the molecule is COc1cc2c3c4c1OC1(O)CC4(CCC3NCC2)CCC1O. The molecular formula is C18H23NO4. The van der Waals surface area contributed by atoms with Gasteiger partial charge in [0.25, 0.3) is 0 Å². The van der Waals surface area contributed by atoms with Crippen LogP contribution in [0.3, 0.4) is 0 Å².